The van der Waals surface area contributed by atoms with Crippen molar-refractivity contribution >= 4 is 22.6 Å². The van der Waals surface area contributed by atoms with Crippen LogP contribution in [0.25, 0.3) is 10.8 Å². The quantitative estimate of drug-likeness (QED) is 0.482. The number of likely N-dealkylation sites (tertiary alicyclic amines) is 1. The van der Waals surface area contributed by atoms with Gasteiger partial charge in [-0.2, -0.15) is 0 Å². The van der Waals surface area contributed by atoms with Gasteiger partial charge < -0.3 is 19.7 Å². The number of nitrogens with one attached hydrogen (secondary N) is 1. The summed E-state index contributed by atoms with van der Waals surface area (Å²) in [6.07, 6.45) is 2.08. The molecule has 184 valence electrons. The Labute approximate surface area is 207 Å². The van der Waals surface area contributed by atoms with Crippen LogP contribution < -0.4 is 14.8 Å². The molecule has 0 atom stereocenters. The Morgan fingerprint density at radius 1 is 0.914 bits per heavy atom. The number of benzene rings is 3. The highest BCUT2D eigenvalue weighted by atomic mass is 16.5. The lowest BCUT2D eigenvalue weighted by molar-refractivity contribution is -0.126. The molecule has 3 aromatic carbocycles. The normalized spacial score (nSPS) is 14.1. The first-order valence-electron chi connectivity index (χ1n) is 12.5. The maximum atomic E-state index is 13.2. The number of piperidine rings is 1. The number of ether oxygens (including phenoxy) is 2. The number of rotatable bonds is 9. The van der Waals surface area contributed by atoms with Gasteiger partial charge in [-0.1, -0.05) is 42.5 Å². The summed E-state index contributed by atoms with van der Waals surface area (Å²) in [7, 11) is 0. The lowest BCUT2D eigenvalue weighted by Crippen LogP contribution is -2.43. The first-order chi connectivity index (χ1) is 17.1. The number of carbonyl (C=O) groups is 2. The third kappa shape index (κ3) is 5.94. The van der Waals surface area contributed by atoms with Gasteiger partial charge in [0.1, 0.15) is 0 Å². The monoisotopic (exact) mass is 474 g/mol. The van der Waals surface area contributed by atoms with E-state index in [9.17, 15) is 9.59 Å². The zero-order chi connectivity index (χ0) is 24.6. The molecule has 6 nitrogen and oxygen atoms in total. The first kappa shape index (κ1) is 24.6. The number of amides is 2. The van der Waals surface area contributed by atoms with E-state index in [2.05, 4.69) is 5.32 Å². The van der Waals surface area contributed by atoms with Crippen molar-refractivity contribution < 1.29 is 19.1 Å². The average Bonchev–Trinajstić information content (AvgIpc) is 2.89. The molecule has 2 amide bonds. The highest BCUT2D eigenvalue weighted by molar-refractivity contribution is 6.07. The lowest BCUT2D eigenvalue weighted by Gasteiger charge is -2.31. The highest BCUT2D eigenvalue weighted by Gasteiger charge is 2.28. The van der Waals surface area contributed by atoms with Crippen molar-refractivity contribution in [2.45, 2.75) is 33.1 Å². The number of fused-ring (bicyclic) bond motifs is 1. The molecule has 1 aliphatic rings. The SMILES string of the molecule is CCOc1ccc(CCNC(=O)C2CCN(C(=O)c3cccc4ccccc34)CC2)cc1OCC. The number of hydrogen-bond acceptors (Lipinski definition) is 4. The molecule has 0 radical (unpaired) electrons. The van der Waals surface area contributed by atoms with Crippen LogP contribution in [-0.2, 0) is 11.2 Å². The Morgan fingerprint density at radius 3 is 2.40 bits per heavy atom. The van der Waals surface area contributed by atoms with Crippen molar-refractivity contribution in [1.82, 2.24) is 10.2 Å². The van der Waals surface area contributed by atoms with Crippen LogP contribution in [0.4, 0.5) is 0 Å². The Hall–Kier alpha value is -3.54. The Kier molecular flexibility index (Phi) is 8.24. The van der Waals surface area contributed by atoms with Crippen LogP contribution in [-0.4, -0.2) is 49.6 Å². The Balaban J connectivity index is 1.27. The minimum atomic E-state index is -0.0640. The maximum Gasteiger partial charge on any atom is 0.254 e. The summed E-state index contributed by atoms with van der Waals surface area (Å²) in [5, 5.41) is 5.11. The molecule has 1 heterocycles. The van der Waals surface area contributed by atoms with Gasteiger partial charge in [0.05, 0.1) is 13.2 Å². The van der Waals surface area contributed by atoms with Gasteiger partial charge in [0.2, 0.25) is 5.91 Å². The van der Waals surface area contributed by atoms with E-state index in [0.29, 0.717) is 45.7 Å². The molecule has 4 rings (SSSR count). The molecule has 6 heteroatoms. The van der Waals surface area contributed by atoms with Crippen molar-refractivity contribution in [1.29, 1.82) is 0 Å². The molecule has 1 saturated heterocycles. The Bertz CT molecular complexity index is 1160. The summed E-state index contributed by atoms with van der Waals surface area (Å²) >= 11 is 0. The molecular weight excluding hydrogens is 440 g/mol. The van der Waals surface area contributed by atoms with Crippen molar-refractivity contribution in [3.63, 3.8) is 0 Å². The number of nitrogens with zero attached hydrogens (tertiary/aromatic N) is 1. The molecule has 0 aromatic heterocycles. The van der Waals surface area contributed by atoms with Crippen LogP contribution in [0.2, 0.25) is 0 Å². The molecule has 1 aliphatic heterocycles. The largest absolute Gasteiger partial charge is 0.490 e. The van der Waals surface area contributed by atoms with Gasteiger partial charge in [-0.05, 0) is 67.6 Å². The molecule has 1 fully saturated rings. The highest BCUT2D eigenvalue weighted by Crippen LogP contribution is 2.29. The van der Waals surface area contributed by atoms with E-state index in [1.165, 1.54) is 0 Å². The fourth-order valence-electron chi connectivity index (χ4n) is 4.65. The van der Waals surface area contributed by atoms with Crippen molar-refractivity contribution in [3.8, 4) is 11.5 Å². The molecule has 0 aliphatic carbocycles. The zero-order valence-electron chi connectivity index (χ0n) is 20.6. The van der Waals surface area contributed by atoms with Crippen LogP contribution >= 0.6 is 0 Å². The molecular formula is C29H34N2O4. The van der Waals surface area contributed by atoms with Crippen molar-refractivity contribution in [3.05, 3.63) is 71.8 Å². The molecule has 35 heavy (non-hydrogen) atoms. The summed E-state index contributed by atoms with van der Waals surface area (Å²) in [5.41, 5.74) is 1.82. The van der Waals surface area contributed by atoms with E-state index < -0.39 is 0 Å². The van der Waals surface area contributed by atoms with Gasteiger partial charge in [0.15, 0.2) is 11.5 Å². The van der Waals surface area contributed by atoms with Gasteiger partial charge in [-0.15, -0.1) is 0 Å². The van der Waals surface area contributed by atoms with Crippen LogP contribution in [0.1, 0.15) is 42.6 Å². The van der Waals surface area contributed by atoms with E-state index in [0.717, 1.165) is 39.8 Å². The fraction of sp³-hybridized carbons (Fsp3) is 0.379. The standard InChI is InChI=1S/C29H34N2O4/c1-3-34-26-13-12-21(20-27(26)35-4-2)14-17-30-28(32)23-15-18-31(19-16-23)29(33)25-11-7-9-22-8-5-6-10-24(22)25/h5-13,20,23H,3-4,14-19H2,1-2H3,(H,30,32). The molecule has 3 aromatic rings. The van der Waals surface area contributed by atoms with E-state index in [1.54, 1.807) is 0 Å². The first-order valence-corrected chi connectivity index (χ1v) is 12.5. The fourth-order valence-corrected chi connectivity index (χ4v) is 4.65. The van der Waals surface area contributed by atoms with Gasteiger partial charge in [0, 0.05) is 31.1 Å². The third-order valence-corrected chi connectivity index (χ3v) is 6.49. The molecule has 0 saturated carbocycles. The van der Waals surface area contributed by atoms with Crippen LogP contribution in [0.15, 0.2) is 60.7 Å². The summed E-state index contributed by atoms with van der Waals surface area (Å²) in [5.74, 6) is 1.53. The van der Waals surface area contributed by atoms with Gasteiger partial charge >= 0.3 is 0 Å². The van der Waals surface area contributed by atoms with E-state index >= 15 is 0 Å². The zero-order valence-corrected chi connectivity index (χ0v) is 20.6. The van der Waals surface area contributed by atoms with Crippen molar-refractivity contribution in [2.75, 3.05) is 32.8 Å². The predicted octanol–water partition coefficient (Wildman–Crippen LogP) is 4.85. The number of hydrogen-bond donors (Lipinski definition) is 1. The topological polar surface area (TPSA) is 67.9 Å². The van der Waals surface area contributed by atoms with Gasteiger partial charge in [-0.3, -0.25) is 9.59 Å². The molecule has 0 bridgehead atoms. The van der Waals surface area contributed by atoms with Crippen LogP contribution in [0, 0.1) is 5.92 Å². The predicted molar refractivity (Wildman–Crippen MR) is 138 cm³/mol. The minimum Gasteiger partial charge on any atom is -0.490 e. The molecule has 0 unspecified atom stereocenters. The number of carbonyl (C=O) groups excluding carboxylic acids is 2. The summed E-state index contributed by atoms with van der Waals surface area (Å²) < 4.78 is 11.3. The summed E-state index contributed by atoms with van der Waals surface area (Å²) in [6.45, 7) is 6.80. The lowest BCUT2D eigenvalue weighted by atomic mass is 9.94. The van der Waals surface area contributed by atoms with Crippen LogP contribution in [0.5, 0.6) is 11.5 Å². The second-order valence-electron chi connectivity index (χ2n) is 8.78. The molecule has 0 spiro atoms. The van der Waals surface area contributed by atoms with E-state index in [4.69, 9.17) is 9.47 Å². The second kappa shape index (κ2) is 11.7. The molecule has 1 N–H and O–H groups in total. The third-order valence-electron chi connectivity index (χ3n) is 6.49. The van der Waals surface area contributed by atoms with E-state index in [-0.39, 0.29) is 17.7 Å². The van der Waals surface area contributed by atoms with Gasteiger partial charge in [0.25, 0.3) is 5.91 Å². The average molecular weight is 475 g/mol. The summed E-state index contributed by atoms with van der Waals surface area (Å²) in [6, 6.07) is 19.7. The van der Waals surface area contributed by atoms with Crippen LogP contribution in [0.3, 0.4) is 0 Å². The maximum absolute atomic E-state index is 13.2. The smallest absolute Gasteiger partial charge is 0.254 e. The second-order valence-corrected chi connectivity index (χ2v) is 8.78. The van der Waals surface area contributed by atoms with Crippen molar-refractivity contribution in [2.24, 2.45) is 5.92 Å². The Morgan fingerprint density at radius 2 is 1.63 bits per heavy atom. The van der Waals surface area contributed by atoms with E-state index in [1.807, 2.05) is 79.4 Å². The minimum absolute atomic E-state index is 0.0428. The van der Waals surface area contributed by atoms with Gasteiger partial charge in [-0.25, -0.2) is 0 Å². The summed E-state index contributed by atoms with van der Waals surface area (Å²) in [4.78, 5) is 27.8.